The van der Waals surface area contributed by atoms with Gasteiger partial charge >= 0.3 is 5.97 Å². The molecule has 0 unspecified atom stereocenters. The van der Waals surface area contributed by atoms with Crippen molar-refractivity contribution in [3.8, 4) is 0 Å². The minimum atomic E-state index is -0.423. The molecule has 0 aliphatic carbocycles. The van der Waals surface area contributed by atoms with Crippen molar-refractivity contribution in [2.24, 2.45) is 0 Å². The van der Waals surface area contributed by atoms with E-state index < -0.39 is 5.60 Å². The molecule has 0 saturated carbocycles. The highest BCUT2D eigenvalue weighted by Gasteiger charge is 2.16. The highest BCUT2D eigenvalue weighted by Crippen LogP contribution is 2.14. The van der Waals surface area contributed by atoms with Crippen molar-refractivity contribution in [3.63, 3.8) is 0 Å². The van der Waals surface area contributed by atoms with E-state index in [0.29, 0.717) is 30.4 Å². The summed E-state index contributed by atoms with van der Waals surface area (Å²) in [6.45, 7) is 5.56. The van der Waals surface area contributed by atoms with Crippen LogP contribution in [0.1, 0.15) is 39.5 Å². The monoisotopic (exact) mass is 258 g/mol. The van der Waals surface area contributed by atoms with Crippen molar-refractivity contribution in [2.75, 3.05) is 6.26 Å². The summed E-state index contributed by atoms with van der Waals surface area (Å²) in [7, 11) is 0. The number of carbonyl (C=O) groups excluding carboxylic acids is 1. The van der Waals surface area contributed by atoms with Gasteiger partial charge in [0.2, 0.25) is 5.89 Å². The number of nitrogens with zero attached hydrogens (tertiary/aromatic N) is 2. The Morgan fingerprint density at radius 1 is 1.41 bits per heavy atom. The van der Waals surface area contributed by atoms with Crippen molar-refractivity contribution in [2.45, 2.75) is 50.9 Å². The first-order chi connectivity index (χ1) is 7.90. The zero-order valence-electron chi connectivity index (χ0n) is 10.6. The van der Waals surface area contributed by atoms with Gasteiger partial charge in [0.15, 0.2) is 0 Å². The zero-order valence-corrected chi connectivity index (χ0v) is 11.5. The quantitative estimate of drug-likeness (QED) is 0.597. The van der Waals surface area contributed by atoms with Crippen molar-refractivity contribution in [1.29, 1.82) is 0 Å². The molecule has 17 heavy (non-hydrogen) atoms. The van der Waals surface area contributed by atoms with E-state index in [1.807, 2.05) is 27.0 Å². The van der Waals surface area contributed by atoms with Crippen LogP contribution in [0.3, 0.4) is 0 Å². The Kier molecular flexibility index (Phi) is 4.99. The van der Waals surface area contributed by atoms with Gasteiger partial charge in [-0.3, -0.25) is 4.79 Å². The fourth-order valence-corrected chi connectivity index (χ4v) is 1.50. The van der Waals surface area contributed by atoms with Crippen LogP contribution in [0.4, 0.5) is 0 Å². The standard InChI is InChI=1S/C11H18N2O3S/c1-11(2,3)16-9(14)7-5-6-8-12-13-10(15-8)17-4/h5-7H2,1-4H3. The maximum Gasteiger partial charge on any atom is 0.306 e. The third-order valence-electron chi connectivity index (χ3n) is 1.81. The number of hydrogen-bond donors (Lipinski definition) is 0. The van der Waals surface area contributed by atoms with Gasteiger partial charge < -0.3 is 9.15 Å². The molecule has 0 radical (unpaired) electrons. The van der Waals surface area contributed by atoms with Crippen molar-refractivity contribution in [1.82, 2.24) is 10.2 Å². The molecule has 0 aliphatic heterocycles. The maximum absolute atomic E-state index is 11.4. The summed E-state index contributed by atoms with van der Waals surface area (Å²) in [5.74, 6) is 0.375. The van der Waals surface area contributed by atoms with E-state index in [-0.39, 0.29) is 5.97 Å². The fraction of sp³-hybridized carbons (Fsp3) is 0.727. The molecule has 1 rings (SSSR count). The molecule has 0 amide bonds. The van der Waals surface area contributed by atoms with Gasteiger partial charge in [0.25, 0.3) is 5.22 Å². The Morgan fingerprint density at radius 2 is 2.12 bits per heavy atom. The molecule has 96 valence electrons. The van der Waals surface area contributed by atoms with Crippen LogP contribution in [0.15, 0.2) is 9.64 Å². The van der Waals surface area contributed by atoms with Crippen LogP contribution in [0, 0.1) is 0 Å². The molecular weight excluding hydrogens is 240 g/mol. The first-order valence-corrected chi connectivity index (χ1v) is 6.71. The highest BCUT2D eigenvalue weighted by molar-refractivity contribution is 7.98. The minimum absolute atomic E-state index is 0.192. The van der Waals surface area contributed by atoms with E-state index in [1.54, 1.807) is 0 Å². The predicted octanol–water partition coefficient (Wildman–Crippen LogP) is 2.46. The van der Waals surface area contributed by atoms with E-state index in [2.05, 4.69) is 10.2 Å². The Hall–Kier alpha value is -1.04. The third-order valence-corrected chi connectivity index (χ3v) is 2.33. The summed E-state index contributed by atoms with van der Waals surface area (Å²) in [4.78, 5) is 11.4. The Labute approximate surface area is 105 Å². The van der Waals surface area contributed by atoms with Gasteiger partial charge in [-0.15, -0.1) is 10.2 Å². The Balaban J connectivity index is 2.26. The molecule has 0 aromatic carbocycles. The molecule has 0 spiro atoms. The van der Waals surface area contributed by atoms with Crippen molar-refractivity contribution >= 4 is 17.7 Å². The topological polar surface area (TPSA) is 65.2 Å². The number of aromatic nitrogens is 2. The van der Waals surface area contributed by atoms with Gasteiger partial charge in [0.1, 0.15) is 5.60 Å². The van der Waals surface area contributed by atoms with Crippen molar-refractivity contribution < 1.29 is 13.9 Å². The molecule has 6 heteroatoms. The van der Waals surface area contributed by atoms with E-state index in [4.69, 9.17) is 9.15 Å². The van der Waals surface area contributed by atoms with Crippen LogP contribution >= 0.6 is 11.8 Å². The molecule has 5 nitrogen and oxygen atoms in total. The number of hydrogen-bond acceptors (Lipinski definition) is 6. The lowest BCUT2D eigenvalue weighted by atomic mass is 10.2. The highest BCUT2D eigenvalue weighted by atomic mass is 32.2. The van der Waals surface area contributed by atoms with Gasteiger partial charge in [-0.05, 0) is 33.4 Å². The smallest absolute Gasteiger partial charge is 0.306 e. The van der Waals surface area contributed by atoms with Crippen LogP contribution < -0.4 is 0 Å². The summed E-state index contributed by atoms with van der Waals surface area (Å²) >= 11 is 1.41. The molecule has 0 bridgehead atoms. The molecule has 0 fully saturated rings. The predicted molar refractivity (Wildman–Crippen MR) is 64.9 cm³/mol. The minimum Gasteiger partial charge on any atom is -0.460 e. The summed E-state index contributed by atoms with van der Waals surface area (Å²) in [6, 6.07) is 0. The number of aryl methyl sites for hydroxylation is 1. The van der Waals surface area contributed by atoms with Crippen LogP contribution in [-0.4, -0.2) is 28.0 Å². The molecule has 0 atom stereocenters. The second kappa shape index (κ2) is 6.05. The summed E-state index contributed by atoms with van der Waals surface area (Å²) in [5, 5.41) is 8.24. The molecule has 0 saturated heterocycles. The second-order valence-electron chi connectivity index (χ2n) is 4.61. The van der Waals surface area contributed by atoms with Gasteiger partial charge in [0.05, 0.1) is 0 Å². The van der Waals surface area contributed by atoms with Gasteiger partial charge in [-0.2, -0.15) is 0 Å². The van der Waals surface area contributed by atoms with E-state index in [0.717, 1.165) is 0 Å². The first kappa shape index (κ1) is 14.0. The van der Waals surface area contributed by atoms with Crippen LogP contribution in [0.2, 0.25) is 0 Å². The summed E-state index contributed by atoms with van der Waals surface area (Å²) in [6.07, 6.45) is 3.50. The van der Waals surface area contributed by atoms with Crippen molar-refractivity contribution in [3.05, 3.63) is 5.89 Å². The number of carbonyl (C=O) groups is 1. The summed E-state index contributed by atoms with van der Waals surface area (Å²) < 4.78 is 10.5. The number of thioether (sulfide) groups is 1. The normalized spacial score (nSPS) is 11.5. The van der Waals surface area contributed by atoms with Gasteiger partial charge in [0, 0.05) is 12.8 Å². The SMILES string of the molecule is CSc1nnc(CCCC(=O)OC(C)(C)C)o1. The Morgan fingerprint density at radius 3 is 2.65 bits per heavy atom. The second-order valence-corrected chi connectivity index (χ2v) is 5.36. The number of esters is 1. The molecule has 0 N–H and O–H groups in total. The molecule has 1 heterocycles. The summed E-state index contributed by atoms with van der Waals surface area (Å²) in [5.41, 5.74) is -0.423. The lowest BCUT2D eigenvalue weighted by molar-refractivity contribution is -0.154. The lowest BCUT2D eigenvalue weighted by Gasteiger charge is -2.19. The largest absolute Gasteiger partial charge is 0.460 e. The number of ether oxygens (including phenoxy) is 1. The average molecular weight is 258 g/mol. The molecule has 1 aromatic heterocycles. The van der Waals surface area contributed by atoms with Crippen LogP contribution in [0.5, 0.6) is 0 Å². The molecular formula is C11H18N2O3S. The lowest BCUT2D eigenvalue weighted by Crippen LogP contribution is -2.23. The molecule has 0 aliphatic rings. The van der Waals surface area contributed by atoms with Crippen LogP contribution in [0.25, 0.3) is 0 Å². The fourth-order valence-electron chi connectivity index (χ4n) is 1.20. The Bertz CT molecular complexity index is 371. The maximum atomic E-state index is 11.4. The third kappa shape index (κ3) is 5.72. The van der Waals surface area contributed by atoms with Gasteiger partial charge in [-0.25, -0.2) is 0 Å². The van der Waals surface area contributed by atoms with Gasteiger partial charge in [-0.1, -0.05) is 11.8 Å². The average Bonchev–Trinajstić information content (AvgIpc) is 2.63. The van der Waals surface area contributed by atoms with E-state index >= 15 is 0 Å². The van der Waals surface area contributed by atoms with Crippen LogP contribution in [-0.2, 0) is 16.0 Å². The molecule has 1 aromatic rings. The van der Waals surface area contributed by atoms with E-state index in [9.17, 15) is 4.79 Å². The van der Waals surface area contributed by atoms with E-state index in [1.165, 1.54) is 11.8 Å². The first-order valence-electron chi connectivity index (χ1n) is 5.49. The number of rotatable bonds is 5. The zero-order chi connectivity index (χ0) is 12.9.